The number of aromatic amines is 1. The maximum absolute atomic E-state index is 11.7. The highest BCUT2D eigenvalue weighted by atomic mass is 16.5. The van der Waals surface area contributed by atoms with E-state index in [4.69, 9.17) is 14.6 Å². The number of piperidine rings is 1. The molecule has 11 heteroatoms. The van der Waals surface area contributed by atoms with Crippen molar-refractivity contribution in [1.82, 2.24) is 24.8 Å². The number of H-pyrrole nitrogens is 1. The largest absolute Gasteiger partial charge is 0.489 e. The molecule has 2 aliphatic heterocycles. The zero-order valence-corrected chi connectivity index (χ0v) is 21.9. The highest BCUT2D eigenvalue weighted by Crippen LogP contribution is 2.33. The van der Waals surface area contributed by atoms with Gasteiger partial charge in [-0.3, -0.25) is 4.79 Å². The molecule has 40 heavy (non-hydrogen) atoms. The number of nitrogens with one attached hydrogen (secondary N) is 1. The van der Waals surface area contributed by atoms with E-state index < -0.39 is 6.61 Å². The molecule has 0 radical (unpaired) electrons. The number of hydrogen-bond donors (Lipinski definition) is 2. The van der Waals surface area contributed by atoms with Crippen molar-refractivity contribution in [3.8, 4) is 34.3 Å². The molecule has 5 heterocycles. The summed E-state index contributed by atoms with van der Waals surface area (Å²) in [5, 5.41) is 19.8. The van der Waals surface area contributed by atoms with Gasteiger partial charge in [-0.15, -0.1) is 0 Å². The number of carbonyl (C=O) groups excluding carboxylic acids is 1. The number of aromatic nitrogens is 4. The number of carbonyl (C=O) groups is 1. The molecule has 0 saturated carbocycles. The first kappa shape index (κ1) is 25.7. The summed E-state index contributed by atoms with van der Waals surface area (Å²) >= 11 is 0. The van der Waals surface area contributed by atoms with Gasteiger partial charge in [-0.2, -0.15) is 5.26 Å². The van der Waals surface area contributed by atoms with E-state index in [1.807, 2.05) is 30.5 Å². The van der Waals surface area contributed by atoms with Gasteiger partial charge in [0.05, 0.1) is 24.5 Å². The topological polar surface area (TPSA) is 140 Å². The van der Waals surface area contributed by atoms with Crippen LogP contribution < -0.4 is 9.64 Å². The Bertz CT molecular complexity index is 1550. The molecule has 1 amide bonds. The lowest BCUT2D eigenvalue weighted by Gasteiger charge is -2.32. The number of hydrogen-bond acceptors (Lipinski definition) is 9. The van der Waals surface area contributed by atoms with Crippen molar-refractivity contribution in [3.63, 3.8) is 0 Å². The number of morpholine rings is 1. The Labute approximate surface area is 231 Å². The molecular formula is C29H29N7O4. The second-order valence-electron chi connectivity index (χ2n) is 9.85. The Balaban J connectivity index is 1.22. The first-order valence-corrected chi connectivity index (χ1v) is 13.4. The van der Waals surface area contributed by atoms with E-state index in [9.17, 15) is 10.1 Å². The third-order valence-electron chi connectivity index (χ3n) is 7.42. The van der Waals surface area contributed by atoms with Crippen LogP contribution in [-0.4, -0.2) is 88.0 Å². The van der Waals surface area contributed by atoms with Crippen molar-refractivity contribution in [2.45, 2.75) is 18.9 Å². The number of fused-ring (bicyclic) bond motifs is 1. The minimum Gasteiger partial charge on any atom is -0.489 e. The number of aliphatic hydroxyl groups excluding tert-OH is 1. The number of pyridine rings is 1. The Morgan fingerprint density at radius 3 is 2.60 bits per heavy atom. The number of amides is 1. The van der Waals surface area contributed by atoms with Crippen molar-refractivity contribution in [3.05, 3.63) is 54.5 Å². The van der Waals surface area contributed by atoms with Crippen LogP contribution in [0.3, 0.4) is 0 Å². The molecule has 2 saturated heterocycles. The molecule has 0 spiro atoms. The number of ether oxygens (including phenoxy) is 2. The second kappa shape index (κ2) is 11.3. The van der Waals surface area contributed by atoms with Gasteiger partial charge in [0.15, 0.2) is 0 Å². The summed E-state index contributed by atoms with van der Waals surface area (Å²) in [5.41, 5.74) is 4.42. The number of aliphatic hydroxyl groups is 1. The summed E-state index contributed by atoms with van der Waals surface area (Å²) in [4.78, 5) is 32.6. The lowest BCUT2D eigenvalue weighted by molar-refractivity contribution is -0.135. The van der Waals surface area contributed by atoms with E-state index in [1.165, 1.54) is 6.33 Å². The third kappa shape index (κ3) is 5.19. The second-order valence-corrected chi connectivity index (χ2v) is 9.85. The monoisotopic (exact) mass is 539 g/mol. The summed E-state index contributed by atoms with van der Waals surface area (Å²) < 4.78 is 11.6. The van der Waals surface area contributed by atoms with Crippen molar-refractivity contribution in [2.75, 3.05) is 50.9 Å². The average molecular weight is 540 g/mol. The Morgan fingerprint density at radius 2 is 1.88 bits per heavy atom. The van der Waals surface area contributed by atoms with Gasteiger partial charge in [0.1, 0.15) is 42.3 Å². The molecule has 0 atom stereocenters. The van der Waals surface area contributed by atoms with Crippen LogP contribution in [0.5, 0.6) is 5.75 Å². The molecule has 11 nitrogen and oxygen atoms in total. The van der Waals surface area contributed by atoms with Gasteiger partial charge < -0.3 is 29.4 Å². The molecule has 0 aliphatic carbocycles. The SMILES string of the molecule is N#Cc1cc(-c2ncnc3[nH]c(-c4ccc(N5CCOCC5)nc4)cc23)ccc1OC1CCN(C(=O)CO)CC1. The van der Waals surface area contributed by atoms with E-state index >= 15 is 0 Å². The Kier molecular flexibility index (Phi) is 7.27. The van der Waals surface area contributed by atoms with Gasteiger partial charge >= 0.3 is 0 Å². The third-order valence-corrected chi connectivity index (χ3v) is 7.42. The van der Waals surface area contributed by atoms with Crippen LogP contribution in [0.4, 0.5) is 5.82 Å². The summed E-state index contributed by atoms with van der Waals surface area (Å²) in [6.07, 6.45) is 4.53. The van der Waals surface area contributed by atoms with Crippen LogP contribution >= 0.6 is 0 Å². The van der Waals surface area contributed by atoms with Crippen LogP contribution in [-0.2, 0) is 9.53 Å². The van der Waals surface area contributed by atoms with Gasteiger partial charge in [-0.05, 0) is 36.4 Å². The highest BCUT2D eigenvalue weighted by Gasteiger charge is 2.24. The summed E-state index contributed by atoms with van der Waals surface area (Å²) in [7, 11) is 0. The van der Waals surface area contributed by atoms with Crippen molar-refractivity contribution >= 4 is 22.8 Å². The first-order chi connectivity index (χ1) is 19.6. The maximum Gasteiger partial charge on any atom is 0.248 e. The lowest BCUT2D eigenvalue weighted by atomic mass is 10.0. The molecule has 204 valence electrons. The Morgan fingerprint density at radius 1 is 1.07 bits per heavy atom. The quantitative estimate of drug-likeness (QED) is 0.378. The standard InChI is InChI=1S/C29H29N7O4/c30-15-21-13-19(1-3-25(21)40-22-5-7-36(8-6-22)27(38)17-37)28-23-14-24(34-29(23)33-18-32-28)20-2-4-26(31-16-20)35-9-11-39-12-10-35/h1-4,13-14,16,18,22,37H,5-12,17H2,(H,32,33,34). The molecule has 2 N–H and O–H groups in total. The van der Waals surface area contributed by atoms with E-state index in [-0.39, 0.29) is 12.0 Å². The van der Waals surface area contributed by atoms with Crippen LogP contribution in [0, 0.1) is 11.3 Å². The van der Waals surface area contributed by atoms with Crippen molar-refractivity contribution < 1.29 is 19.4 Å². The van der Waals surface area contributed by atoms with Crippen molar-refractivity contribution in [1.29, 1.82) is 5.26 Å². The number of rotatable bonds is 6. The molecule has 0 unspecified atom stereocenters. The van der Waals surface area contributed by atoms with E-state index in [2.05, 4.69) is 30.9 Å². The normalized spacial score (nSPS) is 16.2. The van der Waals surface area contributed by atoms with Gasteiger partial charge in [0.2, 0.25) is 5.91 Å². The van der Waals surface area contributed by atoms with Crippen LogP contribution in [0.2, 0.25) is 0 Å². The zero-order chi connectivity index (χ0) is 27.5. The number of benzene rings is 1. The molecule has 3 aromatic heterocycles. The molecule has 6 rings (SSSR count). The predicted octanol–water partition coefficient (Wildman–Crippen LogP) is 2.76. The molecule has 2 aliphatic rings. The highest BCUT2D eigenvalue weighted by molar-refractivity contribution is 5.94. The minimum absolute atomic E-state index is 0.109. The molecule has 4 aromatic rings. The number of anilines is 1. The molecule has 2 fully saturated rings. The molecular weight excluding hydrogens is 510 g/mol. The van der Waals surface area contributed by atoms with Gasteiger partial charge in [0.25, 0.3) is 0 Å². The Hall–Kier alpha value is -4.53. The van der Waals surface area contributed by atoms with Crippen LogP contribution in [0.25, 0.3) is 33.5 Å². The van der Waals surface area contributed by atoms with E-state index in [0.717, 1.165) is 41.1 Å². The van der Waals surface area contributed by atoms with Crippen LogP contribution in [0.15, 0.2) is 48.9 Å². The minimum atomic E-state index is -0.484. The predicted molar refractivity (Wildman–Crippen MR) is 148 cm³/mol. The average Bonchev–Trinajstić information content (AvgIpc) is 3.46. The lowest BCUT2D eigenvalue weighted by Crippen LogP contribution is -2.42. The number of nitrogens with zero attached hydrogens (tertiary/aromatic N) is 6. The summed E-state index contributed by atoms with van der Waals surface area (Å²) in [5.74, 6) is 1.16. The fourth-order valence-corrected chi connectivity index (χ4v) is 5.22. The molecule has 1 aromatic carbocycles. The molecule has 0 bridgehead atoms. The number of likely N-dealkylation sites (tertiary alicyclic amines) is 1. The van der Waals surface area contributed by atoms with Gasteiger partial charge in [0, 0.05) is 67.4 Å². The smallest absolute Gasteiger partial charge is 0.248 e. The van der Waals surface area contributed by atoms with Crippen molar-refractivity contribution in [2.24, 2.45) is 0 Å². The maximum atomic E-state index is 11.7. The summed E-state index contributed by atoms with van der Waals surface area (Å²) in [6, 6.07) is 13.8. The number of nitriles is 1. The fraction of sp³-hybridized carbons (Fsp3) is 0.345. The first-order valence-electron chi connectivity index (χ1n) is 13.4. The van der Waals surface area contributed by atoms with Crippen LogP contribution in [0.1, 0.15) is 18.4 Å². The fourth-order valence-electron chi connectivity index (χ4n) is 5.22. The van der Waals surface area contributed by atoms with Gasteiger partial charge in [-0.1, -0.05) is 0 Å². The summed E-state index contributed by atoms with van der Waals surface area (Å²) in [6.45, 7) is 3.63. The van der Waals surface area contributed by atoms with E-state index in [1.54, 1.807) is 17.0 Å². The van der Waals surface area contributed by atoms with Gasteiger partial charge in [-0.25, -0.2) is 15.0 Å². The zero-order valence-electron chi connectivity index (χ0n) is 21.9. The van der Waals surface area contributed by atoms with E-state index in [0.29, 0.717) is 61.8 Å².